The second-order valence-corrected chi connectivity index (χ2v) is 5.55. The van der Waals surface area contributed by atoms with Crippen molar-refractivity contribution in [2.45, 2.75) is 6.54 Å². The van der Waals surface area contributed by atoms with Gasteiger partial charge in [-0.1, -0.05) is 42.5 Å². The van der Waals surface area contributed by atoms with Crippen molar-refractivity contribution in [3.05, 3.63) is 71.9 Å². The summed E-state index contributed by atoms with van der Waals surface area (Å²) < 4.78 is 5.22. The van der Waals surface area contributed by atoms with Crippen molar-refractivity contribution < 1.29 is 9.53 Å². The Morgan fingerprint density at radius 2 is 1.92 bits per heavy atom. The zero-order valence-electron chi connectivity index (χ0n) is 13.7. The number of carbonyl (C=O) groups is 1. The first-order chi connectivity index (χ1) is 11.7. The Hall–Kier alpha value is -3.08. The van der Waals surface area contributed by atoms with Crippen molar-refractivity contribution in [2.75, 3.05) is 14.2 Å². The van der Waals surface area contributed by atoms with Crippen LogP contribution in [0, 0.1) is 0 Å². The van der Waals surface area contributed by atoms with Crippen LogP contribution in [-0.2, 0) is 6.54 Å². The van der Waals surface area contributed by atoms with Gasteiger partial charge in [-0.25, -0.2) is 0 Å². The summed E-state index contributed by atoms with van der Waals surface area (Å²) in [5.74, 6) is 0.657. The Labute approximate surface area is 140 Å². The highest BCUT2D eigenvalue weighted by molar-refractivity contribution is 5.93. The lowest BCUT2D eigenvalue weighted by Gasteiger charge is -2.16. The van der Waals surface area contributed by atoms with Gasteiger partial charge in [0, 0.05) is 19.2 Å². The molecule has 0 aliphatic heterocycles. The molecule has 5 nitrogen and oxygen atoms in total. The number of nitrogens with zero attached hydrogens (tertiary/aromatic N) is 2. The van der Waals surface area contributed by atoms with Crippen LogP contribution in [0.2, 0.25) is 0 Å². The van der Waals surface area contributed by atoms with E-state index >= 15 is 0 Å². The van der Waals surface area contributed by atoms with Crippen LogP contribution in [0.4, 0.5) is 0 Å². The molecular weight excluding hydrogens is 302 g/mol. The molecule has 0 radical (unpaired) electrons. The molecule has 0 saturated heterocycles. The van der Waals surface area contributed by atoms with E-state index in [2.05, 4.69) is 10.2 Å². The van der Waals surface area contributed by atoms with Gasteiger partial charge in [-0.15, -0.1) is 0 Å². The first-order valence-corrected chi connectivity index (χ1v) is 7.66. The standard InChI is InChI=1S/C19H19N3O2/c1-22(13-14-7-4-3-5-8-14)19(23)18-12-17(20-21-18)15-9-6-10-16(11-15)24-2/h3-12H,13H2,1-2H3,(H,20,21). The van der Waals surface area contributed by atoms with Crippen molar-refractivity contribution in [2.24, 2.45) is 0 Å². The van der Waals surface area contributed by atoms with E-state index in [4.69, 9.17) is 4.74 Å². The molecular formula is C19H19N3O2. The molecule has 1 amide bonds. The number of ether oxygens (including phenoxy) is 1. The molecule has 5 heteroatoms. The third-order valence-corrected chi connectivity index (χ3v) is 3.78. The molecule has 24 heavy (non-hydrogen) atoms. The fourth-order valence-corrected chi connectivity index (χ4v) is 2.50. The van der Waals surface area contributed by atoms with Crippen molar-refractivity contribution in [3.63, 3.8) is 0 Å². The Bertz CT molecular complexity index is 827. The molecule has 0 unspecified atom stereocenters. The molecule has 0 aliphatic carbocycles. The van der Waals surface area contributed by atoms with Crippen molar-refractivity contribution in [1.82, 2.24) is 15.1 Å². The van der Waals surface area contributed by atoms with Crippen molar-refractivity contribution in [1.29, 1.82) is 0 Å². The number of amides is 1. The monoisotopic (exact) mass is 321 g/mol. The molecule has 0 aliphatic rings. The largest absolute Gasteiger partial charge is 0.497 e. The third kappa shape index (κ3) is 3.46. The van der Waals surface area contributed by atoms with Crippen LogP contribution < -0.4 is 4.74 Å². The molecule has 1 N–H and O–H groups in total. The molecule has 0 fully saturated rings. The lowest BCUT2D eigenvalue weighted by Crippen LogP contribution is -2.26. The summed E-state index contributed by atoms with van der Waals surface area (Å²) in [6, 6.07) is 19.2. The van der Waals surface area contributed by atoms with Gasteiger partial charge in [0.05, 0.1) is 12.8 Å². The van der Waals surface area contributed by atoms with E-state index in [0.29, 0.717) is 17.9 Å². The molecule has 0 bridgehead atoms. The van der Waals surface area contributed by atoms with E-state index in [1.165, 1.54) is 0 Å². The fraction of sp³-hybridized carbons (Fsp3) is 0.158. The van der Waals surface area contributed by atoms with E-state index in [-0.39, 0.29) is 5.91 Å². The van der Waals surface area contributed by atoms with E-state index in [1.54, 1.807) is 25.1 Å². The Kier molecular flexibility index (Phi) is 4.61. The van der Waals surface area contributed by atoms with Gasteiger partial charge in [-0.2, -0.15) is 5.10 Å². The number of hydrogen-bond donors (Lipinski definition) is 1. The lowest BCUT2D eigenvalue weighted by molar-refractivity contribution is 0.0779. The highest BCUT2D eigenvalue weighted by Gasteiger charge is 2.15. The van der Waals surface area contributed by atoms with Gasteiger partial charge in [0.1, 0.15) is 11.4 Å². The maximum atomic E-state index is 12.5. The maximum Gasteiger partial charge on any atom is 0.271 e. The number of nitrogens with one attached hydrogen (secondary N) is 1. The number of aromatic amines is 1. The first kappa shape index (κ1) is 15.8. The first-order valence-electron chi connectivity index (χ1n) is 7.66. The summed E-state index contributed by atoms with van der Waals surface area (Å²) in [5, 5.41) is 7.07. The molecule has 0 saturated carbocycles. The van der Waals surface area contributed by atoms with Crippen molar-refractivity contribution >= 4 is 5.91 Å². The third-order valence-electron chi connectivity index (χ3n) is 3.78. The quantitative estimate of drug-likeness (QED) is 0.784. The predicted octanol–water partition coefficient (Wildman–Crippen LogP) is 3.36. The van der Waals surface area contributed by atoms with E-state index in [9.17, 15) is 4.79 Å². The van der Waals surface area contributed by atoms with Gasteiger partial charge >= 0.3 is 0 Å². The molecule has 0 spiro atoms. The van der Waals surface area contributed by atoms with Crippen LogP contribution >= 0.6 is 0 Å². The summed E-state index contributed by atoms with van der Waals surface area (Å²) in [4.78, 5) is 14.2. The highest BCUT2D eigenvalue weighted by atomic mass is 16.5. The second-order valence-electron chi connectivity index (χ2n) is 5.55. The molecule has 122 valence electrons. The number of methoxy groups -OCH3 is 1. The molecule has 0 atom stereocenters. The topological polar surface area (TPSA) is 58.2 Å². The lowest BCUT2D eigenvalue weighted by atomic mass is 10.1. The normalized spacial score (nSPS) is 10.4. The number of carbonyl (C=O) groups excluding carboxylic acids is 1. The summed E-state index contributed by atoms with van der Waals surface area (Å²) in [6.07, 6.45) is 0. The molecule has 1 heterocycles. The summed E-state index contributed by atoms with van der Waals surface area (Å²) >= 11 is 0. The Morgan fingerprint density at radius 1 is 1.12 bits per heavy atom. The minimum absolute atomic E-state index is 0.0968. The summed E-state index contributed by atoms with van der Waals surface area (Å²) in [6.45, 7) is 0.549. The van der Waals surface area contributed by atoms with Crippen LogP contribution in [0.5, 0.6) is 5.75 Å². The van der Waals surface area contributed by atoms with Crippen LogP contribution in [0.25, 0.3) is 11.3 Å². The number of aromatic nitrogens is 2. The van der Waals surface area contributed by atoms with Crippen LogP contribution in [-0.4, -0.2) is 35.2 Å². The Morgan fingerprint density at radius 3 is 2.67 bits per heavy atom. The number of H-pyrrole nitrogens is 1. The van der Waals surface area contributed by atoms with Gasteiger partial charge in [0.25, 0.3) is 5.91 Å². The van der Waals surface area contributed by atoms with Gasteiger partial charge in [-0.05, 0) is 23.8 Å². The van der Waals surface area contributed by atoms with Gasteiger partial charge in [0.2, 0.25) is 0 Å². The fourth-order valence-electron chi connectivity index (χ4n) is 2.50. The number of benzene rings is 2. The van der Waals surface area contributed by atoms with Crippen LogP contribution in [0.3, 0.4) is 0 Å². The summed E-state index contributed by atoms with van der Waals surface area (Å²) in [7, 11) is 3.40. The van der Waals surface area contributed by atoms with Crippen molar-refractivity contribution in [3.8, 4) is 17.0 Å². The minimum Gasteiger partial charge on any atom is -0.497 e. The SMILES string of the molecule is COc1cccc(-c2cc(C(=O)N(C)Cc3ccccc3)[nH]n2)c1. The van der Waals surface area contributed by atoms with Crippen LogP contribution in [0.1, 0.15) is 16.1 Å². The highest BCUT2D eigenvalue weighted by Crippen LogP contribution is 2.23. The van der Waals surface area contributed by atoms with Gasteiger partial charge in [-0.3, -0.25) is 9.89 Å². The van der Waals surface area contributed by atoms with E-state index in [0.717, 1.165) is 16.9 Å². The number of rotatable bonds is 5. The number of hydrogen-bond acceptors (Lipinski definition) is 3. The van der Waals surface area contributed by atoms with Crippen LogP contribution in [0.15, 0.2) is 60.7 Å². The zero-order chi connectivity index (χ0) is 16.9. The average Bonchev–Trinajstić information content (AvgIpc) is 3.12. The second kappa shape index (κ2) is 7.00. The van der Waals surface area contributed by atoms with E-state index < -0.39 is 0 Å². The summed E-state index contributed by atoms with van der Waals surface area (Å²) in [5.41, 5.74) is 3.16. The predicted molar refractivity (Wildman–Crippen MR) is 92.8 cm³/mol. The Balaban J connectivity index is 1.75. The molecule has 1 aromatic heterocycles. The minimum atomic E-state index is -0.0968. The van der Waals surface area contributed by atoms with Gasteiger partial charge in [0.15, 0.2) is 0 Å². The van der Waals surface area contributed by atoms with E-state index in [1.807, 2.05) is 54.6 Å². The maximum absolute atomic E-state index is 12.5. The van der Waals surface area contributed by atoms with Gasteiger partial charge < -0.3 is 9.64 Å². The smallest absolute Gasteiger partial charge is 0.271 e. The molecule has 2 aromatic carbocycles. The molecule has 3 rings (SSSR count). The molecule has 3 aromatic rings. The zero-order valence-corrected chi connectivity index (χ0v) is 13.7. The average molecular weight is 321 g/mol.